The summed E-state index contributed by atoms with van der Waals surface area (Å²) < 4.78 is 18.4. The van der Waals surface area contributed by atoms with Crippen LogP contribution in [0.4, 0.5) is 5.69 Å². The highest BCUT2D eigenvalue weighted by Crippen LogP contribution is 2.26. The number of carbonyl (C=O) groups excluding carboxylic acids is 1. The average Bonchev–Trinajstić information content (AvgIpc) is 3.09. The number of methoxy groups -OCH3 is 2. The topological polar surface area (TPSA) is 105 Å². The van der Waals surface area contributed by atoms with Gasteiger partial charge >= 0.3 is 0 Å². The molecule has 9 nitrogen and oxygen atoms in total. The van der Waals surface area contributed by atoms with Crippen molar-refractivity contribution in [3.05, 3.63) is 56.9 Å². The summed E-state index contributed by atoms with van der Waals surface area (Å²) in [6, 6.07) is 9.46. The number of benzene rings is 2. The number of amides is 1. The van der Waals surface area contributed by atoms with Crippen molar-refractivity contribution < 1.29 is 23.9 Å². The van der Waals surface area contributed by atoms with E-state index in [0.717, 1.165) is 4.70 Å². The van der Waals surface area contributed by atoms with E-state index in [1.54, 1.807) is 28.8 Å². The van der Waals surface area contributed by atoms with Crippen LogP contribution in [0.15, 0.2) is 41.4 Å². The Morgan fingerprint density at radius 1 is 1.20 bits per heavy atom. The molecule has 0 bridgehead atoms. The standard InChI is InChI=1S/C20H21N3O6S/c1-4-29-10-9-22-16-11-13(23(25)26)5-8-18(16)30-20(22)21-19(24)15-12-14(27-2)6-7-17(15)28-3/h5-8,11-12H,4,9-10H2,1-3H3. The summed E-state index contributed by atoms with van der Waals surface area (Å²) >= 11 is 1.27. The molecule has 0 spiro atoms. The van der Waals surface area contributed by atoms with E-state index in [0.29, 0.717) is 41.6 Å². The Kier molecular flexibility index (Phi) is 6.80. The minimum absolute atomic E-state index is 0.0298. The van der Waals surface area contributed by atoms with E-state index >= 15 is 0 Å². The first-order valence-electron chi connectivity index (χ1n) is 9.15. The van der Waals surface area contributed by atoms with Gasteiger partial charge in [0.2, 0.25) is 0 Å². The zero-order chi connectivity index (χ0) is 21.7. The maximum atomic E-state index is 12.9. The Labute approximate surface area is 176 Å². The summed E-state index contributed by atoms with van der Waals surface area (Å²) in [4.78, 5) is 28.4. The number of nitrogens with zero attached hydrogens (tertiary/aromatic N) is 3. The van der Waals surface area contributed by atoms with Gasteiger partial charge in [-0.1, -0.05) is 11.3 Å². The van der Waals surface area contributed by atoms with Crippen molar-refractivity contribution in [1.29, 1.82) is 0 Å². The molecule has 0 N–H and O–H groups in total. The molecule has 3 rings (SSSR count). The first kappa shape index (κ1) is 21.5. The SMILES string of the molecule is CCOCCn1c(=NC(=O)c2cc(OC)ccc2OC)sc2ccc([N+](=O)[O-])cc21. The summed E-state index contributed by atoms with van der Waals surface area (Å²) in [5.74, 6) is 0.379. The zero-order valence-electron chi connectivity index (χ0n) is 16.8. The Morgan fingerprint density at radius 3 is 2.67 bits per heavy atom. The summed E-state index contributed by atoms with van der Waals surface area (Å²) in [5, 5.41) is 11.2. The highest BCUT2D eigenvalue weighted by atomic mass is 32.1. The number of thiazole rings is 1. The van der Waals surface area contributed by atoms with Crippen LogP contribution in [-0.2, 0) is 11.3 Å². The fourth-order valence-corrected chi connectivity index (χ4v) is 3.94. The molecular formula is C20H21N3O6S. The smallest absolute Gasteiger partial charge is 0.283 e. The molecule has 0 aliphatic rings. The van der Waals surface area contributed by atoms with Gasteiger partial charge in [0.1, 0.15) is 11.5 Å². The van der Waals surface area contributed by atoms with E-state index in [9.17, 15) is 14.9 Å². The van der Waals surface area contributed by atoms with Crippen LogP contribution in [0.2, 0.25) is 0 Å². The van der Waals surface area contributed by atoms with E-state index in [1.807, 2.05) is 6.92 Å². The molecule has 0 aliphatic carbocycles. The number of non-ortho nitro benzene ring substituents is 1. The number of aromatic nitrogens is 1. The molecule has 0 aliphatic heterocycles. The van der Waals surface area contributed by atoms with Gasteiger partial charge in [-0.2, -0.15) is 4.99 Å². The fraction of sp³-hybridized carbons (Fsp3) is 0.300. The number of fused-ring (bicyclic) bond motifs is 1. The predicted octanol–water partition coefficient (Wildman–Crippen LogP) is 3.41. The van der Waals surface area contributed by atoms with Crippen molar-refractivity contribution in [3.8, 4) is 11.5 Å². The molecule has 1 heterocycles. The third-order valence-electron chi connectivity index (χ3n) is 4.37. The molecule has 30 heavy (non-hydrogen) atoms. The number of rotatable bonds is 8. The summed E-state index contributed by atoms with van der Waals surface area (Å²) in [7, 11) is 2.98. The average molecular weight is 431 g/mol. The molecule has 0 saturated carbocycles. The monoisotopic (exact) mass is 431 g/mol. The summed E-state index contributed by atoms with van der Waals surface area (Å²) in [6.07, 6.45) is 0. The summed E-state index contributed by atoms with van der Waals surface area (Å²) in [5.41, 5.74) is 0.854. The lowest BCUT2D eigenvalue weighted by molar-refractivity contribution is -0.384. The van der Waals surface area contributed by atoms with Gasteiger partial charge < -0.3 is 18.8 Å². The molecule has 0 radical (unpaired) electrons. The van der Waals surface area contributed by atoms with Gasteiger partial charge in [-0.05, 0) is 31.2 Å². The molecular weight excluding hydrogens is 410 g/mol. The van der Waals surface area contributed by atoms with Crippen molar-refractivity contribution in [1.82, 2.24) is 4.57 Å². The molecule has 158 valence electrons. The number of ether oxygens (including phenoxy) is 3. The van der Waals surface area contributed by atoms with Crippen molar-refractivity contribution in [2.24, 2.45) is 4.99 Å². The predicted molar refractivity (Wildman–Crippen MR) is 112 cm³/mol. The number of nitro groups is 1. The quantitative estimate of drug-likeness (QED) is 0.307. The van der Waals surface area contributed by atoms with Gasteiger partial charge in [0.15, 0.2) is 4.80 Å². The second-order valence-electron chi connectivity index (χ2n) is 6.13. The van der Waals surface area contributed by atoms with Crippen LogP contribution < -0.4 is 14.3 Å². The first-order valence-corrected chi connectivity index (χ1v) is 9.96. The van der Waals surface area contributed by atoms with Crippen LogP contribution in [-0.4, -0.2) is 42.8 Å². The second-order valence-corrected chi connectivity index (χ2v) is 7.13. The third-order valence-corrected chi connectivity index (χ3v) is 5.43. The molecule has 1 aromatic heterocycles. The van der Waals surface area contributed by atoms with E-state index in [2.05, 4.69) is 4.99 Å². The maximum Gasteiger partial charge on any atom is 0.283 e. The second kappa shape index (κ2) is 9.51. The zero-order valence-corrected chi connectivity index (χ0v) is 17.6. The van der Waals surface area contributed by atoms with Crippen LogP contribution in [0, 0.1) is 10.1 Å². The van der Waals surface area contributed by atoms with Crippen molar-refractivity contribution >= 4 is 33.1 Å². The molecule has 1 amide bonds. The van der Waals surface area contributed by atoms with Crippen LogP contribution in [0.5, 0.6) is 11.5 Å². The largest absolute Gasteiger partial charge is 0.497 e. The number of nitro benzene ring substituents is 1. The molecule has 0 fully saturated rings. The van der Waals surface area contributed by atoms with Gasteiger partial charge in [0.25, 0.3) is 11.6 Å². The van der Waals surface area contributed by atoms with E-state index in [-0.39, 0.29) is 11.3 Å². The Morgan fingerprint density at radius 2 is 2.00 bits per heavy atom. The molecule has 0 saturated heterocycles. The van der Waals surface area contributed by atoms with Gasteiger partial charge in [-0.25, -0.2) is 0 Å². The maximum absolute atomic E-state index is 12.9. The van der Waals surface area contributed by atoms with Gasteiger partial charge in [-0.15, -0.1) is 0 Å². The van der Waals surface area contributed by atoms with E-state index in [4.69, 9.17) is 14.2 Å². The van der Waals surface area contributed by atoms with E-state index in [1.165, 1.54) is 37.7 Å². The van der Waals surface area contributed by atoms with Crippen LogP contribution >= 0.6 is 11.3 Å². The molecule has 0 atom stereocenters. The lowest BCUT2D eigenvalue weighted by atomic mass is 10.2. The van der Waals surface area contributed by atoms with Crippen LogP contribution in [0.3, 0.4) is 0 Å². The van der Waals surface area contributed by atoms with Crippen molar-refractivity contribution in [2.75, 3.05) is 27.4 Å². The van der Waals surface area contributed by atoms with Gasteiger partial charge in [0, 0.05) is 25.3 Å². The fourth-order valence-electron chi connectivity index (χ4n) is 2.90. The lowest BCUT2D eigenvalue weighted by Crippen LogP contribution is -2.20. The van der Waals surface area contributed by atoms with Gasteiger partial charge in [0.05, 0.1) is 41.5 Å². The number of carbonyl (C=O) groups is 1. The Bertz CT molecular complexity index is 1150. The van der Waals surface area contributed by atoms with Crippen molar-refractivity contribution in [2.45, 2.75) is 13.5 Å². The third kappa shape index (κ3) is 4.50. The minimum atomic E-state index is -0.503. The normalized spacial score (nSPS) is 11.6. The first-order chi connectivity index (χ1) is 14.5. The number of hydrogen-bond acceptors (Lipinski definition) is 7. The Balaban J connectivity index is 2.13. The van der Waals surface area contributed by atoms with E-state index < -0.39 is 10.8 Å². The van der Waals surface area contributed by atoms with Crippen molar-refractivity contribution in [3.63, 3.8) is 0 Å². The van der Waals surface area contributed by atoms with Gasteiger partial charge in [-0.3, -0.25) is 14.9 Å². The summed E-state index contributed by atoms with van der Waals surface area (Å²) in [6.45, 7) is 3.20. The molecule has 2 aromatic carbocycles. The highest BCUT2D eigenvalue weighted by molar-refractivity contribution is 7.16. The number of hydrogen-bond donors (Lipinski definition) is 0. The van der Waals surface area contributed by atoms with Crippen LogP contribution in [0.1, 0.15) is 17.3 Å². The Hall–Kier alpha value is -3.24. The minimum Gasteiger partial charge on any atom is -0.497 e. The van der Waals surface area contributed by atoms with Crippen LogP contribution in [0.25, 0.3) is 10.2 Å². The molecule has 10 heteroatoms. The molecule has 0 unspecified atom stereocenters. The highest BCUT2D eigenvalue weighted by Gasteiger charge is 2.16. The lowest BCUT2D eigenvalue weighted by Gasteiger charge is -2.08. The molecule has 3 aromatic rings.